The van der Waals surface area contributed by atoms with Crippen LogP contribution < -0.4 is 5.32 Å². The number of alkyl halides is 3. The second-order valence-corrected chi connectivity index (χ2v) is 4.97. The maximum absolute atomic E-state index is 12.6. The van der Waals surface area contributed by atoms with Crippen LogP contribution in [0.1, 0.15) is 25.3 Å². The average molecular weight is 340 g/mol. The highest BCUT2D eigenvalue weighted by Crippen LogP contribution is 2.33. The van der Waals surface area contributed by atoms with Crippen LogP contribution in [0.3, 0.4) is 0 Å². The zero-order chi connectivity index (χ0) is 14.6. The molecule has 106 valence electrons. The zero-order valence-corrected chi connectivity index (χ0v) is 11.7. The van der Waals surface area contributed by atoms with Gasteiger partial charge in [0.25, 0.3) is 0 Å². The van der Waals surface area contributed by atoms with Crippen LogP contribution >= 0.6 is 15.9 Å². The van der Waals surface area contributed by atoms with Gasteiger partial charge in [-0.3, -0.25) is 0 Å². The Labute approximate surface area is 116 Å². The lowest BCUT2D eigenvalue weighted by Gasteiger charge is -2.17. The minimum atomic E-state index is -4.47. The number of carboxylic acid groups (broad SMARTS) is 1. The van der Waals surface area contributed by atoms with Crippen LogP contribution in [0.25, 0.3) is 0 Å². The molecule has 0 aliphatic heterocycles. The molecule has 0 aliphatic rings. The maximum atomic E-state index is 12.6. The Morgan fingerprint density at radius 3 is 2.53 bits per heavy atom. The van der Waals surface area contributed by atoms with Crippen LogP contribution in [0, 0.1) is 0 Å². The zero-order valence-electron chi connectivity index (χ0n) is 10.1. The molecule has 0 heterocycles. The van der Waals surface area contributed by atoms with Crippen molar-refractivity contribution in [1.82, 2.24) is 0 Å². The van der Waals surface area contributed by atoms with Gasteiger partial charge in [-0.15, -0.1) is 0 Å². The molecule has 2 N–H and O–H groups in total. The standard InChI is InChI=1S/C12H13BrF3NO2/c1-2-3-10(11(18)19)17-9-5-7(12(14,15)16)4-8(13)6-9/h4-6,10,17H,2-3H2,1H3,(H,18,19). The summed E-state index contributed by atoms with van der Waals surface area (Å²) in [5.74, 6) is -1.09. The molecule has 0 spiro atoms. The molecule has 0 radical (unpaired) electrons. The molecule has 1 rings (SSSR count). The van der Waals surface area contributed by atoms with Crippen molar-refractivity contribution in [2.75, 3.05) is 5.32 Å². The van der Waals surface area contributed by atoms with Crippen molar-refractivity contribution < 1.29 is 23.1 Å². The number of halogens is 4. The van der Waals surface area contributed by atoms with E-state index in [1.165, 1.54) is 6.07 Å². The van der Waals surface area contributed by atoms with Gasteiger partial charge < -0.3 is 10.4 Å². The fourth-order valence-corrected chi connectivity index (χ4v) is 2.08. The van der Waals surface area contributed by atoms with E-state index in [4.69, 9.17) is 5.11 Å². The van der Waals surface area contributed by atoms with Gasteiger partial charge in [0.1, 0.15) is 6.04 Å². The van der Waals surface area contributed by atoms with Crippen molar-refractivity contribution in [2.45, 2.75) is 32.0 Å². The average Bonchev–Trinajstić information content (AvgIpc) is 2.26. The maximum Gasteiger partial charge on any atom is 0.416 e. The Hall–Kier alpha value is -1.24. The van der Waals surface area contributed by atoms with E-state index >= 15 is 0 Å². The monoisotopic (exact) mass is 339 g/mol. The summed E-state index contributed by atoms with van der Waals surface area (Å²) in [5, 5.41) is 11.6. The van der Waals surface area contributed by atoms with E-state index in [1.54, 1.807) is 6.92 Å². The van der Waals surface area contributed by atoms with Gasteiger partial charge in [0.15, 0.2) is 0 Å². The Kier molecular flexibility index (Phi) is 5.22. The molecule has 0 bridgehead atoms. The first-order chi connectivity index (χ1) is 8.74. The molecular weight excluding hydrogens is 327 g/mol. The lowest BCUT2D eigenvalue weighted by molar-refractivity contribution is -0.138. The minimum Gasteiger partial charge on any atom is -0.480 e. The predicted octanol–water partition coefficient (Wildman–Crippen LogP) is 4.13. The fourth-order valence-electron chi connectivity index (χ4n) is 1.58. The quantitative estimate of drug-likeness (QED) is 0.847. The molecule has 7 heteroatoms. The van der Waals surface area contributed by atoms with Gasteiger partial charge in [0, 0.05) is 10.2 Å². The summed E-state index contributed by atoms with van der Waals surface area (Å²) in [6.45, 7) is 1.81. The summed E-state index contributed by atoms with van der Waals surface area (Å²) in [5.41, 5.74) is -0.701. The number of hydrogen-bond acceptors (Lipinski definition) is 2. The third-order valence-electron chi connectivity index (χ3n) is 2.44. The van der Waals surface area contributed by atoms with Crippen LogP contribution in [-0.4, -0.2) is 17.1 Å². The van der Waals surface area contributed by atoms with E-state index in [2.05, 4.69) is 21.2 Å². The molecule has 1 unspecified atom stereocenters. The molecule has 0 aromatic heterocycles. The lowest BCUT2D eigenvalue weighted by Crippen LogP contribution is -2.29. The van der Waals surface area contributed by atoms with Gasteiger partial charge in [-0.2, -0.15) is 13.2 Å². The van der Waals surface area contributed by atoms with Gasteiger partial charge in [-0.05, 0) is 24.6 Å². The number of hydrogen-bond donors (Lipinski definition) is 2. The Bertz CT molecular complexity index is 463. The highest BCUT2D eigenvalue weighted by atomic mass is 79.9. The number of rotatable bonds is 5. The normalized spacial score (nSPS) is 13.1. The third kappa shape index (κ3) is 4.74. The fraction of sp³-hybridized carbons (Fsp3) is 0.417. The van der Waals surface area contributed by atoms with E-state index in [9.17, 15) is 18.0 Å². The summed E-state index contributed by atoms with van der Waals surface area (Å²) in [4.78, 5) is 11.0. The number of anilines is 1. The number of carboxylic acids is 1. The predicted molar refractivity (Wildman–Crippen MR) is 69.1 cm³/mol. The second kappa shape index (κ2) is 6.27. The molecule has 0 aliphatic carbocycles. The Morgan fingerprint density at radius 1 is 1.42 bits per heavy atom. The molecule has 0 saturated carbocycles. The van der Waals surface area contributed by atoms with E-state index < -0.39 is 23.8 Å². The van der Waals surface area contributed by atoms with Crippen LogP contribution in [-0.2, 0) is 11.0 Å². The smallest absolute Gasteiger partial charge is 0.416 e. The van der Waals surface area contributed by atoms with Crippen LogP contribution in [0.5, 0.6) is 0 Å². The largest absolute Gasteiger partial charge is 0.480 e. The van der Waals surface area contributed by atoms with E-state index in [0.29, 0.717) is 12.8 Å². The van der Waals surface area contributed by atoms with Gasteiger partial charge in [-0.25, -0.2) is 4.79 Å². The highest BCUT2D eigenvalue weighted by molar-refractivity contribution is 9.10. The molecule has 3 nitrogen and oxygen atoms in total. The molecule has 0 saturated heterocycles. The number of carbonyl (C=O) groups is 1. The Balaban J connectivity index is 3.00. The van der Waals surface area contributed by atoms with Crippen molar-refractivity contribution in [2.24, 2.45) is 0 Å². The minimum absolute atomic E-state index is 0.127. The SMILES string of the molecule is CCCC(Nc1cc(Br)cc(C(F)(F)F)c1)C(=O)O. The molecule has 1 atom stereocenters. The number of nitrogens with one attached hydrogen (secondary N) is 1. The highest BCUT2D eigenvalue weighted by Gasteiger charge is 2.31. The van der Waals surface area contributed by atoms with Gasteiger partial charge in [0.05, 0.1) is 5.56 Å². The summed E-state index contributed by atoms with van der Waals surface area (Å²) in [7, 11) is 0. The second-order valence-electron chi connectivity index (χ2n) is 4.05. The van der Waals surface area contributed by atoms with Crippen molar-refractivity contribution in [1.29, 1.82) is 0 Å². The van der Waals surface area contributed by atoms with Crippen molar-refractivity contribution in [3.8, 4) is 0 Å². The first-order valence-electron chi connectivity index (χ1n) is 5.61. The topological polar surface area (TPSA) is 49.3 Å². The third-order valence-corrected chi connectivity index (χ3v) is 2.90. The van der Waals surface area contributed by atoms with Crippen LogP contribution in [0.4, 0.5) is 18.9 Å². The molecule has 0 fully saturated rings. The summed E-state index contributed by atoms with van der Waals surface area (Å²) < 4.78 is 38.1. The van der Waals surface area contributed by atoms with E-state index in [-0.39, 0.29) is 10.2 Å². The molecule has 0 amide bonds. The van der Waals surface area contributed by atoms with E-state index in [1.807, 2.05) is 0 Å². The molecule has 1 aromatic carbocycles. The Morgan fingerprint density at radius 2 is 2.05 bits per heavy atom. The van der Waals surface area contributed by atoms with Gasteiger partial charge >= 0.3 is 12.1 Å². The lowest BCUT2D eigenvalue weighted by atomic mass is 10.1. The molecular formula is C12H13BrF3NO2. The summed E-state index contributed by atoms with van der Waals surface area (Å²) in [6.07, 6.45) is -3.52. The first kappa shape index (κ1) is 15.8. The summed E-state index contributed by atoms with van der Waals surface area (Å²) in [6, 6.07) is 2.36. The van der Waals surface area contributed by atoms with Gasteiger partial charge in [0.2, 0.25) is 0 Å². The van der Waals surface area contributed by atoms with Crippen molar-refractivity contribution in [3.63, 3.8) is 0 Å². The summed E-state index contributed by atoms with van der Waals surface area (Å²) >= 11 is 2.98. The molecule has 19 heavy (non-hydrogen) atoms. The van der Waals surface area contributed by atoms with Crippen LogP contribution in [0.15, 0.2) is 22.7 Å². The number of aliphatic carboxylic acids is 1. The van der Waals surface area contributed by atoms with E-state index in [0.717, 1.165) is 12.1 Å². The van der Waals surface area contributed by atoms with Gasteiger partial charge in [-0.1, -0.05) is 29.3 Å². The van der Waals surface area contributed by atoms with Crippen LogP contribution in [0.2, 0.25) is 0 Å². The van der Waals surface area contributed by atoms with Crippen molar-refractivity contribution in [3.05, 3.63) is 28.2 Å². The molecule has 1 aromatic rings. The first-order valence-corrected chi connectivity index (χ1v) is 6.40. The number of benzene rings is 1. The van der Waals surface area contributed by atoms with Crippen molar-refractivity contribution >= 4 is 27.6 Å².